The van der Waals surface area contributed by atoms with E-state index in [1.165, 1.54) is 17.0 Å². The highest BCUT2D eigenvalue weighted by Crippen LogP contribution is 2.32. The van der Waals surface area contributed by atoms with E-state index < -0.39 is 10.0 Å². The number of carbonyl (C=O) groups is 1. The fraction of sp³-hybridized carbons (Fsp3) is 0.231. The molecule has 1 amide bonds. The van der Waals surface area contributed by atoms with Crippen molar-refractivity contribution in [2.24, 2.45) is 4.40 Å². The Hall–Kier alpha value is -1.58. The van der Waals surface area contributed by atoms with Gasteiger partial charge in [-0.1, -0.05) is 12.1 Å². The smallest absolute Gasteiger partial charge is 0.294 e. The zero-order valence-corrected chi connectivity index (χ0v) is 14.5. The summed E-state index contributed by atoms with van der Waals surface area (Å²) in [4.78, 5) is 15.8. The summed E-state index contributed by atoms with van der Waals surface area (Å²) >= 11 is 2.13. The van der Waals surface area contributed by atoms with Crippen molar-refractivity contribution in [2.45, 2.75) is 4.21 Å². The topological polar surface area (TPSA) is 70.1 Å². The van der Waals surface area contributed by atoms with E-state index in [2.05, 4.69) is 11.0 Å². The molecule has 0 aliphatic carbocycles. The molecule has 9 heteroatoms. The van der Waals surface area contributed by atoms with Crippen molar-refractivity contribution in [3.8, 4) is 0 Å². The summed E-state index contributed by atoms with van der Waals surface area (Å²) in [5.74, 6) is -0.279. The van der Waals surface area contributed by atoms with Gasteiger partial charge in [0.2, 0.25) is 0 Å². The second-order valence-corrected chi connectivity index (χ2v) is 8.33. The average Bonchev–Trinajstić information content (AvgIpc) is 3.03. The van der Waals surface area contributed by atoms with Crippen molar-refractivity contribution in [2.75, 3.05) is 20.6 Å². The minimum atomic E-state index is -3.81. The number of thiophene rings is 1. The number of hydrogen-bond acceptors (Lipinski definition) is 6. The van der Waals surface area contributed by atoms with Crippen LogP contribution in [0.3, 0.4) is 0 Å². The molecule has 0 bridgehead atoms. The number of rotatable bonds is 5. The molecule has 1 fully saturated rings. The number of carbonyl (C=O) groups excluding carboxylic acids is 1. The number of nitrogens with zero attached hydrogens (tertiary/aromatic N) is 3. The third-order valence-electron chi connectivity index (χ3n) is 2.52. The van der Waals surface area contributed by atoms with Crippen LogP contribution in [0.15, 0.2) is 49.9 Å². The maximum Gasteiger partial charge on any atom is 0.294 e. The molecule has 0 spiro atoms. The average molecular weight is 357 g/mol. The van der Waals surface area contributed by atoms with Gasteiger partial charge in [0.1, 0.15) is 4.21 Å². The summed E-state index contributed by atoms with van der Waals surface area (Å²) in [6.07, 6.45) is 3.17. The van der Waals surface area contributed by atoms with Gasteiger partial charge in [0.05, 0.1) is 4.91 Å². The van der Waals surface area contributed by atoms with Crippen LogP contribution in [0.1, 0.15) is 0 Å². The van der Waals surface area contributed by atoms with Crippen molar-refractivity contribution < 1.29 is 13.2 Å². The monoisotopic (exact) mass is 357 g/mol. The predicted octanol–water partition coefficient (Wildman–Crippen LogP) is 1.96. The molecule has 0 N–H and O–H groups in total. The molecule has 0 aromatic carbocycles. The molecule has 1 saturated heterocycles. The summed E-state index contributed by atoms with van der Waals surface area (Å²) in [5, 5.41) is 1.81. The van der Waals surface area contributed by atoms with Crippen LogP contribution in [0.4, 0.5) is 0 Å². The summed E-state index contributed by atoms with van der Waals surface area (Å²) in [7, 11) is -0.234. The number of amides is 1. The van der Waals surface area contributed by atoms with E-state index in [4.69, 9.17) is 0 Å². The Morgan fingerprint density at radius 3 is 2.73 bits per heavy atom. The van der Waals surface area contributed by atoms with E-state index in [9.17, 15) is 13.2 Å². The van der Waals surface area contributed by atoms with Crippen LogP contribution in [-0.4, -0.2) is 49.9 Å². The van der Waals surface area contributed by atoms with E-state index in [1.807, 2.05) is 0 Å². The number of sulfonamides is 1. The molecule has 0 unspecified atom stereocenters. The standard InChI is InChI=1S/C13H15N3O3S3/c1-4-7-16-12(17)10(9-15(2)3)21-13(16)14-22(18,19)11-6-5-8-20-11/h4-6,8-9H,1,7H2,2-3H3/b10-9+,14-13?. The van der Waals surface area contributed by atoms with Gasteiger partial charge in [0.25, 0.3) is 15.9 Å². The van der Waals surface area contributed by atoms with Gasteiger partial charge in [-0.2, -0.15) is 8.42 Å². The van der Waals surface area contributed by atoms with Crippen LogP contribution >= 0.6 is 23.1 Å². The molecule has 2 heterocycles. The van der Waals surface area contributed by atoms with Crippen LogP contribution in [0, 0.1) is 0 Å². The highest BCUT2D eigenvalue weighted by atomic mass is 32.2. The molecule has 6 nitrogen and oxygen atoms in total. The molecular weight excluding hydrogens is 342 g/mol. The minimum Gasteiger partial charge on any atom is -0.382 e. The van der Waals surface area contributed by atoms with Crippen LogP contribution in [0.25, 0.3) is 0 Å². The normalized spacial score (nSPS) is 19.2. The predicted molar refractivity (Wildman–Crippen MR) is 90.2 cm³/mol. The third-order valence-corrected chi connectivity index (χ3v) is 6.27. The lowest BCUT2D eigenvalue weighted by atomic mass is 10.4. The molecule has 1 aromatic heterocycles. The molecule has 0 radical (unpaired) electrons. The van der Waals surface area contributed by atoms with Gasteiger partial charge in [0.15, 0.2) is 5.17 Å². The first-order valence-electron chi connectivity index (χ1n) is 6.22. The van der Waals surface area contributed by atoms with Crippen molar-refractivity contribution >= 4 is 44.2 Å². The molecule has 1 aliphatic rings. The van der Waals surface area contributed by atoms with Crippen LogP contribution < -0.4 is 0 Å². The zero-order valence-electron chi connectivity index (χ0n) is 12.1. The van der Waals surface area contributed by atoms with Crippen LogP contribution in [0.5, 0.6) is 0 Å². The van der Waals surface area contributed by atoms with Crippen LogP contribution in [0.2, 0.25) is 0 Å². The van der Waals surface area contributed by atoms with E-state index in [-0.39, 0.29) is 21.8 Å². The first-order chi connectivity index (χ1) is 10.3. The second-order valence-electron chi connectivity index (χ2n) is 4.54. The van der Waals surface area contributed by atoms with Gasteiger partial charge in [-0.05, 0) is 23.2 Å². The Morgan fingerprint density at radius 2 is 2.18 bits per heavy atom. The molecular formula is C13H15N3O3S3. The zero-order chi connectivity index (χ0) is 16.3. The lowest BCUT2D eigenvalue weighted by molar-refractivity contribution is -0.121. The molecule has 22 heavy (non-hydrogen) atoms. The molecule has 1 aromatic rings. The summed E-state index contributed by atoms with van der Waals surface area (Å²) in [5.41, 5.74) is 0. The van der Waals surface area contributed by atoms with Crippen molar-refractivity contribution in [3.63, 3.8) is 0 Å². The Morgan fingerprint density at radius 1 is 1.45 bits per heavy atom. The molecule has 0 atom stereocenters. The quantitative estimate of drug-likeness (QED) is 0.595. The number of amidine groups is 1. The van der Waals surface area contributed by atoms with Crippen LogP contribution in [-0.2, 0) is 14.8 Å². The van der Waals surface area contributed by atoms with E-state index in [0.29, 0.717) is 4.91 Å². The van der Waals surface area contributed by atoms with Gasteiger partial charge >= 0.3 is 0 Å². The van der Waals surface area contributed by atoms with Gasteiger partial charge in [0, 0.05) is 26.8 Å². The van der Waals surface area contributed by atoms with E-state index >= 15 is 0 Å². The maximum atomic E-state index is 12.3. The van der Waals surface area contributed by atoms with Gasteiger partial charge in [-0.15, -0.1) is 22.3 Å². The van der Waals surface area contributed by atoms with Crippen molar-refractivity contribution in [1.82, 2.24) is 9.80 Å². The Balaban J connectivity index is 2.42. The fourth-order valence-electron chi connectivity index (χ4n) is 1.65. The molecule has 118 valence electrons. The summed E-state index contributed by atoms with van der Waals surface area (Å²) in [6, 6.07) is 3.13. The van der Waals surface area contributed by atoms with Gasteiger partial charge in [-0.3, -0.25) is 9.69 Å². The first-order valence-corrected chi connectivity index (χ1v) is 9.36. The lowest BCUT2D eigenvalue weighted by Gasteiger charge is -2.12. The van der Waals surface area contributed by atoms with Crippen molar-refractivity contribution in [3.05, 3.63) is 41.3 Å². The third kappa shape index (κ3) is 3.60. The summed E-state index contributed by atoms with van der Waals surface area (Å²) in [6.45, 7) is 3.79. The maximum absolute atomic E-state index is 12.3. The van der Waals surface area contributed by atoms with Gasteiger partial charge in [-0.25, -0.2) is 0 Å². The van der Waals surface area contributed by atoms with E-state index in [1.54, 1.807) is 36.6 Å². The Kier molecular flexibility index (Phi) is 5.09. The SMILES string of the molecule is C=CCN1C(=O)/C(=C\N(C)C)SC1=NS(=O)(=O)c1cccs1. The van der Waals surface area contributed by atoms with Crippen molar-refractivity contribution in [1.29, 1.82) is 0 Å². The van der Waals surface area contributed by atoms with Gasteiger partial charge < -0.3 is 4.90 Å². The Bertz CT molecular complexity index is 734. The molecule has 1 aliphatic heterocycles. The van der Waals surface area contributed by atoms with E-state index in [0.717, 1.165) is 23.1 Å². The first kappa shape index (κ1) is 16.8. The number of hydrogen-bond donors (Lipinski definition) is 0. The minimum absolute atomic E-state index is 0.145. The second kappa shape index (κ2) is 6.67. The highest BCUT2D eigenvalue weighted by molar-refractivity contribution is 8.19. The highest BCUT2D eigenvalue weighted by Gasteiger charge is 2.34. The largest absolute Gasteiger partial charge is 0.382 e. The molecule has 0 saturated carbocycles. The Labute approximate surface area is 137 Å². The summed E-state index contributed by atoms with van der Waals surface area (Å²) < 4.78 is 28.5. The number of thioether (sulfide) groups is 1. The fourth-order valence-corrected chi connectivity index (χ4v) is 4.88. The lowest BCUT2D eigenvalue weighted by Crippen LogP contribution is -2.30. The molecule has 2 rings (SSSR count).